The van der Waals surface area contributed by atoms with Gasteiger partial charge in [-0.25, -0.2) is 4.79 Å². The molecule has 254 valence electrons. The second-order valence-electron chi connectivity index (χ2n) is 12.5. The van der Waals surface area contributed by atoms with Crippen LogP contribution in [-0.4, -0.2) is 52.5 Å². The number of alkyl halides is 3. The monoisotopic (exact) mass is 664 g/mol. The van der Waals surface area contributed by atoms with Crippen molar-refractivity contribution in [1.29, 1.82) is 0 Å². The summed E-state index contributed by atoms with van der Waals surface area (Å²) in [5, 5.41) is 7.81. The molecule has 1 saturated carbocycles. The fraction of sp³-hybridized carbons (Fsp3) is 0.371. The van der Waals surface area contributed by atoms with Gasteiger partial charge in [0.2, 0.25) is 11.8 Å². The molecule has 0 aliphatic heterocycles. The number of halogens is 3. The summed E-state index contributed by atoms with van der Waals surface area (Å²) in [6.07, 6.45) is -1.21. The fourth-order valence-electron chi connectivity index (χ4n) is 6.05. The van der Waals surface area contributed by atoms with Gasteiger partial charge in [0.25, 0.3) is 5.91 Å². The molecule has 1 aliphatic rings. The summed E-state index contributed by atoms with van der Waals surface area (Å²) in [4.78, 5) is 56.3. The van der Waals surface area contributed by atoms with Gasteiger partial charge in [-0.05, 0) is 105 Å². The lowest BCUT2D eigenvalue weighted by Crippen LogP contribution is -2.48. The van der Waals surface area contributed by atoms with Crippen LogP contribution in [-0.2, 0) is 16.0 Å². The molecule has 10 nitrogen and oxygen atoms in total. The molecule has 3 aromatic carbocycles. The Balaban J connectivity index is 1.31. The van der Waals surface area contributed by atoms with Gasteiger partial charge >= 0.3 is 11.9 Å². The second kappa shape index (κ2) is 14.5. The van der Waals surface area contributed by atoms with Crippen molar-refractivity contribution in [2.24, 2.45) is 17.6 Å². The van der Waals surface area contributed by atoms with Crippen LogP contribution in [0.5, 0.6) is 0 Å². The van der Waals surface area contributed by atoms with Crippen molar-refractivity contribution in [2.45, 2.75) is 64.2 Å². The third kappa shape index (κ3) is 8.32. The van der Waals surface area contributed by atoms with Crippen molar-refractivity contribution in [1.82, 2.24) is 20.6 Å². The van der Waals surface area contributed by atoms with Gasteiger partial charge in [0, 0.05) is 23.6 Å². The van der Waals surface area contributed by atoms with Gasteiger partial charge in [-0.2, -0.15) is 13.2 Å². The van der Waals surface area contributed by atoms with Crippen LogP contribution in [0, 0.1) is 18.8 Å². The van der Waals surface area contributed by atoms with Crippen LogP contribution in [0.15, 0.2) is 65.5 Å². The molecule has 4 aromatic rings. The Morgan fingerprint density at radius 3 is 2.25 bits per heavy atom. The van der Waals surface area contributed by atoms with Crippen LogP contribution in [0.4, 0.5) is 18.9 Å². The summed E-state index contributed by atoms with van der Waals surface area (Å²) in [5.74, 6) is -1.22. The third-order valence-corrected chi connectivity index (χ3v) is 9.00. The first-order valence-corrected chi connectivity index (χ1v) is 15.9. The quantitative estimate of drug-likeness (QED) is 0.141. The first-order chi connectivity index (χ1) is 22.8. The highest BCUT2D eigenvalue weighted by Gasteiger charge is 2.37. The molecule has 0 spiro atoms. The van der Waals surface area contributed by atoms with E-state index < -0.39 is 30.1 Å². The van der Waals surface area contributed by atoms with E-state index in [1.165, 1.54) is 6.07 Å². The van der Waals surface area contributed by atoms with E-state index in [-0.39, 0.29) is 29.5 Å². The molecule has 7 N–H and O–H groups in total. The molecule has 48 heavy (non-hydrogen) atoms. The van der Waals surface area contributed by atoms with E-state index in [9.17, 15) is 32.3 Å². The van der Waals surface area contributed by atoms with Crippen molar-refractivity contribution in [3.05, 3.63) is 87.8 Å². The zero-order valence-corrected chi connectivity index (χ0v) is 26.7. The van der Waals surface area contributed by atoms with E-state index in [2.05, 4.69) is 20.6 Å². The Labute approximate surface area is 275 Å². The van der Waals surface area contributed by atoms with Crippen LogP contribution < -0.4 is 27.4 Å². The largest absolute Gasteiger partial charge is 0.408 e. The number of amides is 3. The zero-order valence-electron chi connectivity index (χ0n) is 26.7. The third-order valence-electron chi connectivity index (χ3n) is 9.00. The summed E-state index contributed by atoms with van der Waals surface area (Å²) in [6.45, 7) is 3.25. The lowest BCUT2D eigenvalue weighted by Gasteiger charge is -2.28. The molecule has 13 heteroatoms. The van der Waals surface area contributed by atoms with E-state index in [4.69, 9.17) is 5.73 Å². The van der Waals surface area contributed by atoms with Gasteiger partial charge in [0.05, 0.1) is 11.0 Å². The maximum Gasteiger partial charge on any atom is 0.408 e. The number of carbonyl (C=O) groups is 3. The molecule has 1 aliphatic carbocycles. The Hall–Kier alpha value is -4.91. The Morgan fingerprint density at radius 2 is 1.60 bits per heavy atom. The average molecular weight is 665 g/mol. The lowest BCUT2D eigenvalue weighted by atomic mass is 9.81. The number of H-pyrrole nitrogens is 2. The maximum atomic E-state index is 13.6. The number of hydrogen-bond donors (Lipinski definition) is 6. The first-order valence-electron chi connectivity index (χ1n) is 15.9. The number of imidazole rings is 1. The number of aromatic amines is 2. The zero-order chi connectivity index (χ0) is 34.6. The van der Waals surface area contributed by atoms with Crippen LogP contribution in [0.25, 0.3) is 22.2 Å². The van der Waals surface area contributed by atoms with Gasteiger partial charge in [0.1, 0.15) is 12.1 Å². The van der Waals surface area contributed by atoms with Crippen molar-refractivity contribution >= 4 is 34.4 Å². The highest BCUT2D eigenvalue weighted by molar-refractivity contribution is 5.99. The number of aromatic nitrogens is 2. The summed E-state index contributed by atoms with van der Waals surface area (Å²) in [7, 11) is 0. The number of nitrogens with one attached hydrogen (secondary N) is 5. The Kier molecular flexibility index (Phi) is 10.4. The maximum absolute atomic E-state index is 13.6. The first kappa shape index (κ1) is 34.4. The number of anilines is 1. The molecule has 2 unspecified atom stereocenters. The van der Waals surface area contributed by atoms with Crippen LogP contribution >= 0.6 is 0 Å². The highest BCUT2D eigenvalue weighted by atomic mass is 19.4. The van der Waals surface area contributed by atoms with E-state index in [0.29, 0.717) is 47.6 Å². The molecule has 0 radical (unpaired) electrons. The molecular weight excluding hydrogens is 625 g/mol. The molecule has 0 bridgehead atoms. The normalized spacial score (nSPS) is 17.8. The van der Waals surface area contributed by atoms with Gasteiger partial charge in [-0.3, -0.25) is 14.4 Å². The molecule has 1 fully saturated rings. The van der Waals surface area contributed by atoms with Gasteiger partial charge in [-0.1, -0.05) is 30.3 Å². The van der Waals surface area contributed by atoms with Crippen molar-refractivity contribution in [3.63, 3.8) is 0 Å². The lowest BCUT2D eigenvalue weighted by molar-refractivity contribution is -0.149. The molecule has 2 atom stereocenters. The summed E-state index contributed by atoms with van der Waals surface area (Å²) < 4.78 is 38.7. The number of carbonyl (C=O) groups excluding carboxylic acids is 3. The number of nitrogens with two attached hydrogens (primary N) is 1. The number of fused-ring (bicyclic) bond motifs is 1. The minimum atomic E-state index is -4.54. The van der Waals surface area contributed by atoms with Crippen LogP contribution in [0.1, 0.15) is 54.1 Å². The van der Waals surface area contributed by atoms with E-state index in [0.717, 1.165) is 36.5 Å². The van der Waals surface area contributed by atoms with E-state index >= 15 is 0 Å². The van der Waals surface area contributed by atoms with Gasteiger partial charge in [0.15, 0.2) is 0 Å². The number of aryl methyl sites for hydroxylation is 1. The minimum Gasteiger partial charge on any atom is -0.344 e. The fourth-order valence-corrected chi connectivity index (χ4v) is 6.05. The number of benzene rings is 3. The van der Waals surface area contributed by atoms with Gasteiger partial charge < -0.3 is 31.7 Å². The Morgan fingerprint density at radius 1 is 0.917 bits per heavy atom. The molecule has 3 amide bonds. The summed E-state index contributed by atoms with van der Waals surface area (Å²) >= 11 is 0. The number of rotatable bonds is 10. The topological polar surface area (TPSA) is 162 Å². The molecule has 1 heterocycles. The van der Waals surface area contributed by atoms with Crippen molar-refractivity contribution in [2.75, 3.05) is 11.9 Å². The molecule has 0 saturated heterocycles. The SMILES string of the molecule is Cc1cc(C(=O)NC(C)C(F)(F)F)ccc1-c1ccc(CC(NC(=O)C2CCC(CN)CC2)C(=O)Nc2ccc3[nH]c(=O)[nH]c3c2)cc1. The smallest absolute Gasteiger partial charge is 0.344 e. The molecule has 5 rings (SSSR count). The van der Waals surface area contributed by atoms with Gasteiger partial charge in [-0.15, -0.1) is 0 Å². The predicted octanol–water partition coefficient (Wildman–Crippen LogP) is 4.94. The standard InChI is InChI=1S/C35H39F3N6O4/c1-19-15-25(32(46)40-20(2)35(36,37)38)11-13-27(19)23-7-3-21(4-8-23)16-30(42-31(45)24-9-5-22(18-39)6-10-24)33(47)41-26-12-14-28-29(17-26)44-34(48)43-28/h3-4,7-8,11-15,17,20,22,24,30H,5-6,9-10,16,18,39H2,1-2H3,(H,40,46)(H,41,47)(H,42,45)(H2,43,44,48). The molecule has 1 aromatic heterocycles. The second-order valence-corrected chi connectivity index (χ2v) is 12.5. The van der Waals surface area contributed by atoms with E-state index in [1.807, 2.05) is 29.6 Å². The summed E-state index contributed by atoms with van der Waals surface area (Å²) in [5.41, 5.74) is 10.2. The average Bonchev–Trinajstić information content (AvgIpc) is 3.43. The van der Waals surface area contributed by atoms with Crippen LogP contribution in [0.2, 0.25) is 0 Å². The predicted molar refractivity (Wildman–Crippen MR) is 177 cm³/mol. The Bertz CT molecular complexity index is 1840. The molecular formula is C35H39F3N6O4. The summed E-state index contributed by atoms with van der Waals surface area (Å²) in [6, 6.07) is 14.2. The van der Waals surface area contributed by atoms with Crippen LogP contribution in [0.3, 0.4) is 0 Å². The minimum absolute atomic E-state index is 0.118. The van der Waals surface area contributed by atoms with Crippen molar-refractivity contribution < 1.29 is 27.6 Å². The van der Waals surface area contributed by atoms with Crippen molar-refractivity contribution in [3.8, 4) is 11.1 Å². The highest BCUT2D eigenvalue weighted by Crippen LogP contribution is 2.29. The van der Waals surface area contributed by atoms with E-state index in [1.54, 1.807) is 37.3 Å². The number of hydrogen-bond acceptors (Lipinski definition) is 5.